The van der Waals surface area contributed by atoms with Crippen molar-refractivity contribution in [1.82, 2.24) is 5.32 Å². The van der Waals surface area contributed by atoms with Gasteiger partial charge < -0.3 is 10.4 Å². The van der Waals surface area contributed by atoms with Gasteiger partial charge in [-0.15, -0.1) is 0 Å². The standard InChI is InChI=1S/C8H17NO/c1-6(5-10)4-9-8-3-7(8)2/h6-10H,3-5H2,1-2H3. The predicted molar refractivity (Wildman–Crippen MR) is 41.8 cm³/mol. The molecule has 0 aromatic carbocycles. The summed E-state index contributed by atoms with van der Waals surface area (Å²) < 4.78 is 0. The van der Waals surface area contributed by atoms with Gasteiger partial charge in [-0.1, -0.05) is 13.8 Å². The van der Waals surface area contributed by atoms with E-state index in [2.05, 4.69) is 19.2 Å². The fourth-order valence-corrected chi connectivity index (χ4v) is 1.02. The summed E-state index contributed by atoms with van der Waals surface area (Å²) in [6, 6.07) is 0.744. The third-order valence-electron chi connectivity index (χ3n) is 2.15. The molecule has 10 heavy (non-hydrogen) atoms. The van der Waals surface area contributed by atoms with Crippen molar-refractivity contribution in [2.45, 2.75) is 26.3 Å². The Balaban J connectivity index is 1.95. The van der Waals surface area contributed by atoms with Crippen LogP contribution in [-0.2, 0) is 0 Å². The molecule has 0 heterocycles. The molecule has 1 rings (SSSR count). The van der Waals surface area contributed by atoms with Crippen LogP contribution in [0.3, 0.4) is 0 Å². The zero-order chi connectivity index (χ0) is 7.56. The summed E-state index contributed by atoms with van der Waals surface area (Å²) in [5, 5.41) is 12.1. The minimum Gasteiger partial charge on any atom is -0.396 e. The molecule has 0 aromatic heterocycles. The second-order valence-corrected chi connectivity index (χ2v) is 3.52. The van der Waals surface area contributed by atoms with Crippen LogP contribution in [0.4, 0.5) is 0 Å². The van der Waals surface area contributed by atoms with Gasteiger partial charge in [0.05, 0.1) is 0 Å². The third kappa shape index (κ3) is 2.27. The number of rotatable bonds is 4. The highest BCUT2D eigenvalue weighted by molar-refractivity contribution is 4.89. The number of aliphatic hydroxyl groups is 1. The van der Waals surface area contributed by atoms with E-state index in [9.17, 15) is 0 Å². The first-order valence-electron chi connectivity index (χ1n) is 4.08. The normalized spacial score (nSPS) is 33.9. The molecule has 60 valence electrons. The summed E-state index contributed by atoms with van der Waals surface area (Å²) in [6.07, 6.45) is 1.32. The fourth-order valence-electron chi connectivity index (χ4n) is 1.02. The van der Waals surface area contributed by atoms with Crippen LogP contribution in [0.15, 0.2) is 0 Å². The maximum atomic E-state index is 8.69. The Hall–Kier alpha value is -0.0800. The summed E-state index contributed by atoms with van der Waals surface area (Å²) in [5.74, 6) is 1.28. The second-order valence-electron chi connectivity index (χ2n) is 3.52. The lowest BCUT2D eigenvalue weighted by atomic mass is 10.2. The Labute approximate surface area is 62.6 Å². The van der Waals surface area contributed by atoms with E-state index in [-0.39, 0.29) is 0 Å². The van der Waals surface area contributed by atoms with Crippen LogP contribution in [0.2, 0.25) is 0 Å². The van der Waals surface area contributed by atoms with Gasteiger partial charge in [0.2, 0.25) is 0 Å². The lowest BCUT2D eigenvalue weighted by Gasteiger charge is -2.07. The van der Waals surface area contributed by atoms with Crippen LogP contribution >= 0.6 is 0 Å². The molecule has 2 N–H and O–H groups in total. The molecule has 2 heteroatoms. The SMILES string of the molecule is CC(CO)CNC1CC1C. The topological polar surface area (TPSA) is 32.3 Å². The highest BCUT2D eigenvalue weighted by atomic mass is 16.3. The van der Waals surface area contributed by atoms with Gasteiger partial charge in [-0.05, 0) is 18.3 Å². The molecule has 3 unspecified atom stereocenters. The Kier molecular flexibility index (Phi) is 2.69. The number of hydrogen-bond acceptors (Lipinski definition) is 2. The van der Waals surface area contributed by atoms with Gasteiger partial charge in [-0.3, -0.25) is 0 Å². The summed E-state index contributed by atoms with van der Waals surface area (Å²) in [5.41, 5.74) is 0. The van der Waals surface area contributed by atoms with E-state index < -0.39 is 0 Å². The van der Waals surface area contributed by atoms with Crippen molar-refractivity contribution in [1.29, 1.82) is 0 Å². The predicted octanol–water partition coefficient (Wildman–Crippen LogP) is 0.613. The van der Waals surface area contributed by atoms with Crippen molar-refractivity contribution in [2.24, 2.45) is 11.8 Å². The fraction of sp³-hybridized carbons (Fsp3) is 1.00. The minimum absolute atomic E-state index is 0.300. The van der Waals surface area contributed by atoms with E-state index in [4.69, 9.17) is 5.11 Å². The van der Waals surface area contributed by atoms with E-state index in [0.717, 1.165) is 18.5 Å². The van der Waals surface area contributed by atoms with Gasteiger partial charge in [0, 0.05) is 19.2 Å². The van der Waals surface area contributed by atoms with Crippen molar-refractivity contribution >= 4 is 0 Å². The van der Waals surface area contributed by atoms with Gasteiger partial charge >= 0.3 is 0 Å². The zero-order valence-corrected chi connectivity index (χ0v) is 6.80. The summed E-state index contributed by atoms with van der Waals surface area (Å²) >= 11 is 0. The molecule has 0 saturated heterocycles. The molecule has 0 aromatic rings. The van der Waals surface area contributed by atoms with Crippen molar-refractivity contribution in [2.75, 3.05) is 13.2 Å². The molecule has 1 saturated carbocycles. The van der Waals surface area contributed by atoms with Crippen molar-refractivity contribution in [3.63, 3.8) is 0 Å². The third-order valence-corrected chi connectivity index (χ3v) is 2.15. The largest absolute Gasteiger partial charge is 0.396 e. The maximum Gasteiger partial charge on any atom is 0.0468 e. The van der Waals surface area contributed by atoms with Crippen molar-refractivity contribution < 1.29 is 5.11 Å². The first kappa shape index (κ1) is 8.02. The molecule has 1 aliphatic carbocycles. The number of aliphatic hydroxyl groups excluding tert-OH is 1. The highest BCUT2D eigenvalue weighted by Gasteiger charge is 2.31. The Morgan fingerprint density at radius 2 is 2.30 bits per heavy atom. The molecule has 0 bridgehead atoms. The molecule has 0 radical (unpaired) electrons. The lowest BCUT2D eigenvalue weighted by Crippen LogP contribution is -2.25. The second kappa shape index (κ2) is 3.35. The van der Waals surface area contributed by atoms with Crippen molar-refractivity contribution in [3.05, 3.63) is 0 Å². The average molecular weight is 143 g/mol. The monoisotopic (exact) mass is 143 g/mol. The van der Waals surface area contributed by atoms with Crippen LogP contribution in [0.5, 0.6) is 0 Å². The van der Waals surface area contributed by atoms with Crippen LogP contribution in [0.25, 0.3) is 0 Å². The minimum atomic E-state index is 0.300. The lowest BCUT2D eigenvalue weighted by molar-refractivity contribution is 0.233. The summed E-state index contributed by atoms with van der Waals surface area (Å²) in [6.45, 7) is 5.57. The maximum absolute atomic E-state index is 8.69. The molecular formula is C8H17NO. The smallest absolute Gasteiger partial charge is 0.0468 e. The number of hydrogen-bond donors (Lipinski definition) is 2. The van der Waals surface area contributed by atoms with Crippen LogP contribution < -0.4 is 5.32 Å². The molecule has 0 aliphatic heterocycles. The summed E-state index contributed by atoms with van der Waals surface area (Å²) in [4.78, 5) is 0. The Bertz CT molecular complexity index is 101. The van der Waals surface area contributed by atoms with Gasteiger partial charge in [0.25, 0.3) is 0 Å². The van der Waals surface area contributed by atoms with Crippen molar-refractivity contribution in [3.8, 4) is 0 Å². The van der Waals surface area contributed by atoms with Crippen LogP contribution in [0.1, 0.15) is 20.3 Å². The molecule has 0 spiro atoms. The van der Waals surface area contributed by atoms with E-state index in [1.807, 2.05) is 0 Å². The first-order valence-corrected chi connectivity index (χ1v) is 4.08. The van der Waals surface area contributed by atoms with Gasteiger partial charge in [0.15, 0.2) is 0 Å². The van der Waals surface area contributed by atoms with Crippen LogP contribution in [-0.4, -0.2) is 24.3 Å². The molecule has 2 nitrogen and oxygen atoms in total. The molecule has 0 amide bonds. The first-order chi connectivity index (χ1) is 4.74. The van der Waals surface area contributed by atoms with Gasteiger partial charge in [-0.2, -0.15) is 0 Å². The Morgan fingerprint density at radius 1 is 1.70 bits per heavy atom. The zero-order valence-electron chi connectivity index (χ0n) is 6.80. The summed E-state index contributed by atoms with van der Waals surface area (Å²) in [7, 11) is 0. The average Bonchev–Trinajstić information content (AvgIpc) is 2.61. The molecular weight excluding hydrogens is 126 g/mol. The van der Waals surface area contributed by atoms with E-state index in [1.54, 1.807) is 0 Å². The highest BCUT2D eigenvalue weighted by Crippen LogP contribution is 2.28. The molecule has 1 aliphatic rings. The number of nitrogens with one attached hydrogen (secondary N) is 1. The quantitative estimate of drug-likeness (QED) is 0.604. The molecule has 3 atom stereocenters. The van der Waals surface area contributed by atoms with E-state index >= 15 is 0 Å². The van der Waals surface area contributed by atoms with Gasteiger partial charge in [0.1, 0.15) is 0 Å². The van der Waals surface area contributed by atoms with E-state index in [1.165, 1.54) is 6.42 Å². The van der Waals surface area contributed by atoms with Gasteiger partial charge in [-0.25, -0.2) is 0 Å². The van der Waals surface area contributed by atoms with Crippen LogP contribution in [0, 0.1) is 11.8 Å². The Morgan fingerprint density at radius 3 is 2.70 bits per heavy atom. The molecule has 1 fully saturated rings. The van der Waals surface area contributed by atoms with E-state index in [0.29, 0.717) is 12.5 Å².